The van der Waals surface area contributed by atoms with Crippen molar-refractivity contribution >= 4 is 11.8 Å². The van der Waals surface area contributed by atoms with Gasteiger partial charge in [0.05, 0.1) is 18.6 Å². The van der Waals surface area contributed by atoms with Crippen LogP contribution in [0.25, 0.3) is 0 Å². The molecule has 0 saturated carbocycles. The fraction of sp³-hybridized carbons (Fsp3) is 0.364. The van der Waals surface area contributed by atoms with E-state index >= 15 is 0 Å². The van der Waals surface area contributed by atoms with E-state index in [1.54, 1.807) is 19.1 Å². The largest absolute Gasteiger partial charge is 0.507 e. The van der Waals surface area contributed by atoms with Crippen LogP contribution < -0.4 is 4.74 Å². The molecule has 0 saturated heterocycles. The second kappa shape index (κ2) is 9.76. The van der Waals surface area contributed by atoms with E-state index in [-0.39, 0.29) is 30.5 Å². The highest BCUT2D eigenvalue weighted by Gasteiger charge is 2.15. The van der Waals surface area contributed by atoms with Crippen molar-refractivity contribution in [2.75, 3.05) is 6.61 Å². The summed E-state index contributed by atoms with van der Waals surface area (Å²) < 4.78 is 10.8. The van der Waals surface area contributed by atoms with Crippen LogP contribution >= 0.6 is 0 Å². The van der Waals surface area contributed by atoms with Crippen molar-refractivity contribution in [3.8, 4) is 11.5 Å². The van der Waals surface area contributed by atoms with Gasteiger partial charge in [0.2, 0.25) is 0 Å². The zero-order valence-corrected chi connectivity index (χ0v) is 16.1. The van der Waals surface area contributed by atoms with Gasteiger partial charge in [0.15, 0.2) is 5.78 Å². The molecule has 5 nitrogen and oxygen atoms in total. The van der Waals surface area contributed by atoms with Crippen LogP contribution in [-0.4, -0.2) is 23.5 Å². The predicted molar refractivity (Wildman–Crippen MR) is 103 cm³/mol. The smallest absolute Gasteiger partial charge is 0.310 e. The lowest BCUT2D eigenvalue weighted by Gasteiger charge is -2.15. The Bertz CT molecular complexity index is 810. The third kappa shape index (κ3) is 5.58. The Morgan fingerprint density at radius 2 is 1.89 bits per heavy atom. The Hall–Kier alpha value is -2.82. The highest BCUT2D eigenvalue weighted by Crippen LogP contribution is 2.29. The molecule has 2 rings (SSSR count). The van der Waals surface area contributed by atoms with Crippen LogP contribution in [0.3, 0.4) is 0 Å². The molecule has 144 valence electrons. The summed E-state index contributed by atoms with van der Waals surface area (Å²) in [5, 5.41) is 10.4. The highest BCUT2D eigenvalue weighted by molar-refractivity contribution is 5.97. The average Bonchev–Trinajstić information content (AvgIpc) is 2.62. The number of aromatic hydroxyl groups is 1. The number of benzene rings is 2. The fourth-order valence-corrected chi connectivity index (χ4v) is 2.91. The summed E-state index contributed by atoms with van der Waals surface area (Å²) in [6.07, 6.45) is 1.70. The van der Waals surface area contributed by atoms with E-state index < -0.39 is 0 Å². The maximum atomic E-state index is 11.7. The van der Waals surface area contributed by atoms with E-state index in [1.807, 2.05) is 31.2 Å². The van der Waals surface area contributed by atoms with Crippen LogP contribution in [0.5, 0.6) is 11.5 Å². The number of esters is 1. The van der Waals surface area contributed by atoms with E-state index in [0.717, 1.165) is 23.1 Å². The Labute approximate surface area is 159 Å². The van der Waals surface area contributed by atoms with Gasteiger partial charge in [-0.15, -0.1) is 0 Å². The summed E-state index contributed by atoms with van der Waals surface area (Å²) in [6, 6.07) is 10.8. The molecule has 2 aromatic carbocycles. The zero-order chi connectivity index (χ0) is 19.8. The molecular weight excluding hydrogens is 344 g/mol. The predicted octanol–water partition coefficient (Wildman–Crippen LogP) is 4.23. The van der Waals surface area contributed by atoms with Crippen molar-refractivity contribution in [1.29, 1.82) is 0 Å². The molecule has 0 aliphatic heterocycles. The topological polar surface area (TPSA) is 72.8 Å². The van der Waals surface area contributed by atoms with E-state index in [4.69, 9.17) is 9.47 Å². The number of phenolic OH excluding ortho intramolecular Hbond substituents is 1. The Balaban J connectivity index is 2.15. The number of ether oxygens (including phenoxy) is 2. The first-order valence-electron chi connectivity index (χ1n) is 9.18. The minimum Gasteiger partial charge on any atom is -0.507 e. The van der Waals surface area contributed by atoms with Gasteiger partial charge in [-0.1, -0.05) is 31.5 Å². The van der Waals surface area contributed by atoms with E-state index in [0.29, 0.717) is 24.3 Å². The number of ketones is 1. The summed E-state index contributed by atoms with van der Waals surface area (Å²) in [5.41, 5.74) is 2.73. The molecule has 0 aliphatic carbocycles. The number of hydrogen-bond acceptors (Lipinski definition) is 5. The van der Waals surface area contributed by atoms with Crippen molar-refractivity contribution in [2.45, 2.75) is 46.6 Å². The molecule has 5 heteroatoms. The standard InChI is InChI=1S/C22H26O5/c1-4-7-20-17(10-11-19(15(3)23)22(20)25)14-27-18-9-6-8-16(12-18)13-21(24)26-5-2/h6,8-12,25H,4-5,7,13-14H2,1-3H3. The third-order valence-corrected chi connectivity index (χ3v) is 4.21. The van der Waals surface area contributed by atoms with E-state index in [2.05, 4.69) is 0 Å². The molecule has 1 N–H and O–H groups in total. The third-order valence-electron chi connectivity index (χ3n) is 4.21. The number of carbonyl (C=O) groups excluding carboxylic acids is 2. The Morgan fingerprint density at radius 3 is 2.56 bits per heavy atom. The SMILES string of the molecule is CCCc1c(COc2cccc(CC(=O)OCC)c2)ccc(C(C)=O)c1O. The van der Waals surface area contributed by atoms with Crippen LogP contribution in [0, 0.1) is 0 Å². The maximum absolute atomic E-state index is 11.7. The molecule has 0 spiro atoms. The molecule has 27 heavy (non-hydrogen) atoms. The second-order valence-electron chi connectivity index (χ2n) is 6.32. The number of Topliss-reactive ketones (excluding diaryl/α,β-unsaturated/α-hetero) is 1. The molecule has 0 aliphatic rings. The molecular formula is C22H26O5. The van der Waals surface area contributed by atoms with Gasteiger partial charge in [-0.05, 0) is 49.6 Å². The molecule has 0 atom stereocenters. The van der Waals surface area contributed by atoms with Gasteiger partial charge < -0.3 is 14.6 Å². The summed E-state index contributed by atoms with van der Waals surface area (Å²) in [7, 11) is 0. The minimum atomic E-state index is -0.273. The summed E-state index contributed by atoms with van der Waals surface area (Å²) >= 11 is 0. The molecule has 0 fully saturated rings. The number of carbonyl (C=O) groups is 2. The molecule has 0 aromatic heterocycles. The van der Waals surface area contributed by atoms with Gasteiger partial charge in [0.25, 0.3) is 0 Å². The van der Waals surface area contributed by atoms with Crippen LogP contribution in [0.4, 0.5) is 0 Å². The monoisotopic (exact) mass is 370 g/mol. The molecule has 0 heterocycles. The van der Waals surface area contributed by atoms with Crippen molar-refractivity contribution < 1.29 is 24.2 Å². The van der Waals surface area contributed by atoms with E-state index in [9.17, 15) is 14.7 Å². The molecule has 0 radical (unpaired) electrons. The summed E-state index contributed by atoms with van der Waals surface area (Å²) in [5.74, 6) is 0.240. The molecule has 0 bridgehead atoms. The quantitative estimate of drug-likeness (QED) is 0.528. The normalized spacial score (nSPS) is 10.5. The second-order valence-corrected chi connectivity index (χ2v) is 6.32. The van der Waals surface area contributed by atoms with Gasteiger partial charge in [0, 0.05) is 5.56 Å². The van der Waals surface area contributed by atoms with Gasteiger partial charge in [0.1, 0.15) is 18.1 Å². The minimum absolute atomic E-state index is 0.0431. The lowest BCUT2D eigenvalue weighted by molar-refractivity contribution is -0.142. The van der Waals surface area contributed by atoms with E-state index in [1.165, 1.54) is 6.92 Å². The van der Waals surface area contributed by atoms with Crippen molar-refractivity contribution in [3.63, 3.8) is 0 Å². The lowest BCUT2D eigenvalue weighted by atomic mass is 9.97. The zero-order valence-electron chi connectivity index (χ0n) is 16.1. The molecule has 0 amide bonds. The van der Waals surface area contributed by atoms with Crippen molar-refractivity contribution in [3.05, 3.63) is 58.7 Å². The number of phenols is 1. The van der Waals surface area contributed by atoms with Crippen LogP contribution in [0.15, 0.2) is 36.4 Å². The van der Waals surface area contributed by atoms with Crippen LogP contribution in [0.2, 0.25) is 0 Å². The van der Waals surface area contributed by atoms with Gasteiger partial charge >= 0.3 is 5.97 Å². The first-order valence-corrected chi connectivity index (χ1v) is 9.18. The van der Waals surface area contributed by atoms with Gasteiger partial charge in [-0.25, -0.2) is 0 Å². The van der Waals surface area contributed by atoms with Gasteiger partial charge in [-0.2, -0.15) is 0 Å². The Kier molecular flexibility index (Phi) is 7.41. The van der Waals surface area contributed by atoms with Crippen molar-refractivity contribution in [2.24, 2.45) is 0 Å². The molecule has 2 aromatic rings. The number of rotatable bonds is 9. The van der Waals surface area contributed by atoms with Crippen LogP contribution in [-0.2, 0) is 29.0 Å². The summed E-state index contributed by atoms with van der Waals surface area (Å²) in [6.45, 7) is 5.86. The number of hydrogen-bond donors (Lipinski definition) is 1. The maximum Gasteiger partial charge on any atom is 0.310 e. The average molecular weight is 370 g/mol. The fourth-order valence-electron chi connectivity index (χ4n) is 2.91. The first kappa shape index (κ1) is 20.5. The highest BCUT2D eigenvalue weighted by atomic mass is 16.5. The van der Waals surface area contributed by atoms with Crippen molar-refractivity contribution in [1.82, 2.24) is 0 Å². The summed E-state index contributed by atoms with van der Waals surface area (Å²) in [4.78, 5) is 23.3. The van der Waals surface area contributed by atoms with Crippen LogP contribution in [0.1, 0.15) is 54.2 Å². The van der Waals surface area contributed by atoms with Gasteiger partial charge in [-0.3, -0.25) is 9.59 Å². The lowest BCUT2D eigenvalue weighted by Crippen LogP contribution is -2.08. The first-order chi connectivity index (χ1) is 13.0. The molecule has 0 unspecified atom stereocenters. The Morgan fingerprint density at radius 1 is 1.11 bits per heavy atom.